The first-order chi connectivity index (χ1) is 31.1. The average molecular weight is 902 g/mol. The molecule has 1 heterocycles. The molecule has 0 bridgehead atoms. The van der Waals surface area contributed by atoms with Crippen molar-refractivity contribution in [2.45, 2.75) is 57.4 Å². The number of nitro benzene ring substituents is 2. The number of carbonyl (C=O) groups excluding carboxylic acids is 5. The van der Waals surface area contributed by atoms with Gasteiger partial charge in [0.25, 0.3) is 17.3 Å². The Morgan fingerprint density at radius 3 is 1.49 bits per heavy atom. The van der Waals surface area contributed by atoms with Crippen molar-refractivity contribution < 1.29 is 72.9 Å². The second-order valence-corrected chi connectivity index (χ2v) is 14.5. The molecule has 65 heavy (non-hydrogen) atoms. The Balaban J connectivity index is 0.000000243. The van der Waals surface area contributed by atoms with Crippen LogP contribution in [0.15, 0.2) is 84.9 Å². The highest BCUT2D eigenvalue weighted by Crippen LogP contribution is 2.38. The quantitative estimate of drug-likeness (QED) is 0.0563. The van der Waals surface area contributed by atoms with Gasteiger partial charge < -0.3 is 39.2 Å². The van der Waals surface area contributed by atoms with E-state index in [-0.39, 0.29) is 64.5 Å². The summed E-state index contributed by atoms with van der Waals surface area (Å²) >= 11 is 0. The van der Waals surface area contributed by atoms with E-state index in [0.717, 1.165) is 49.9 Å². The van der Waals surface area contributed by atoms with E-state index in [0.29, 0.717) is 19.3 Å². The van der Waals surface area contributed by atoms with Crippen molar-refractivity contribution in [1.82, 2.24) is 4.90 Å². The number of likely N-dealkylation sites (tertiary alicyclic amines) is 1. The van der Waals surface area contributed by atoms with Crippen molar-refractivity contribution in [2.75, 3.05) is 34.0 Å². The molecule has 1 saturated carbocycles. The van der Waals surface area contributed by atoms with Gasteiger partial charge in [-0.1, -0.05) is 55.7 Å². The molecule has 0 unspecified atom stereocenters. The summed E-state index contributed by atoms with van der Waals surface area (Å²) < 4.78 is 20.5. The van der Waals surface area contributed by atoms with Crippen molar-refractivity contribution in [2.24, 2.45) is 5.92 Å². The Morgan fingerprint density at radius 2 is 1.06 bits per heavy atom. The molecule has 20 heteroatoms. The lowest BCUT2D eigenvalue weighted by Crippen LogP contribution is -2.49. The number of aliphatic hydroxyl groups is 2. The maximum atomic E-state index is 13.2. The molecule has 6 rings (SSSR count). The predicted octanol–water partition coefficient (Wildman–Crippen LogP) is 6.03. The fourth-order valence-electron chi connectivity index (χ4n) is 7.01. The van der Waals surface area contributed by atoms with Crippen LogP contribution in [0, 0.1) is 26.1 Å². The average Bonchev–Trinajstić information content (AvgIpc) is 3.33. The summed E-state index contributed by atoms with van der Waals surface area (Å²) in [7, 11) is 2.50. The van der Waals surface area contributed by atoms with Crippen molar-refractivity contribution >= 4 is 46.8 Å². The number of ketones is 2. The van der Waals surface area contributed by atoms with Gasteiger partial charge in [-0.25, -0.2) is 14.4 Å². The van der Waals surface area contributed by atoms with E-state index >= 15 is 0 Å². The summed E-state index contributed by atoms with van der Waals surface area (Å²) in [4.78, 5) is 94.0. The summed E-state index contributed by atoms with van der Waals surface area (Å²) in [5, 5.41) is 49.5. The molecule has 1 aliphatic carbocycles. The van der Waals surface area contributed by atoms with Crippen LogP contribution in [0.1, 0.15) is 92.8 Å². The number of ether oxygens (including phenoxy) is 4. The molecule has 1 atom stereocenters. The number of piperidine rings is 1. The summed E-state index contributed by atoms with van der Waals surface area (Å²) in [6.45, 7) is -0.766. The van der Waals surface area contributed by atoms with E-state index in [9.17, 15) is 54.1 Å². The maximum Gasteiger partial charge on any atom is 0.343 e. The van der Waals surface area contributed by atoms with Gasteiger partial charge in [-0.2, -0.15) is 0 Å². The fourth-order valence-corrected chi connectivity index (χ4v) is 7.01. The third kappa shape index (κ3) is 13.5. The molecule has 1 saturated heterocycles. The van der Waals surface area contributed by atoms with Gasteiger partial charge >= 0.3 is 17.9 Å². The zero-order chi connectivity index (χ0) is 47.6. The number of aliphatic hydroxyl groups excluding tert-OH is 2. The molecule has 0 radical (unpaired) electrons. The van der Waals surface area contributed by atoms with Crippen LogP contribution in [0.5, 0.6) is 23.0 Å². The molecule has 20 nitrogen and oxygen atoms in total. The molecule has 4 aromatic rings. The summed E-state index contributed by atoms with van der Waals surface area (Å²) in [6.07, 6.45) is 7.27. The smallest absolute Gasteiger partial charge is 0.343 e. The highest BCUT2D eigenvalue weighted by Gasteiger charge is 2.36. The number of hydrogen-bond acceptors (Lipinski definition) is 16. The van der Waals surface area contributed by atoms with Crippen molar-refractivity contribution in [3.8, 4) is 23.0 Å². The minimum absolute atomic E-state index is 0.0414. The van der Waals surface area contributed by atoms with Crippen LogP contribution in [-0.2, 0) is 9.59 Å². The summed E-state index contributed by atoms with van der Waals surface area (Å²) in [5.41, 5.74) is -1.69. The lowest BCUT2D eigenvalue weighted by Gasteiger charge is -2.34. The molecule has 1 amide bonds. The number of nitrogens with zero attached hydrogens (tertiary/aromatic N) is 3. The zero-order valence-electron chi connectivity index (χ0n) is 35.4. The lowest BCUT2D eigenvalue weighted by molar-refractivity contribution is -0.385. The van der Waals surface area contributed by atoms with Gasteiger partial charge in [-0.05, 0) is 56.4 Å². The van der Waals surface area contributed by atoms with E-state index in [1.54, 1.807) is 36.4 Å². The van der Waals surface area contributed by atoms with E-state index in [1.165, 1.54) is 49.8 Å². The van der Waals surface area contributed by atoms with Crippen LogP contribution in [-0.4, -0.2) is 105 Å². The number of methoxy groups -OCH3 is 2. The number of Topliss-reactive ketones (excluding diaryl/α,β-unsaturated/α-hetero) is 2. The number of rotatable bonds is 14. The van der Waals surface area contributed by atoms with Crippen LogP contribution in [0.2, 0.25) is 0 Å². The molecule has 2 aliphatic rings. The molecular weight excluding hydrogens is 854 g/mol. The number of esters is 2. The first-order valence-corrected chi connectivity index (χ1v) is 20.2. The first kappa shape index (κ1) is 50.1. The van der Waals surface area contributed by atoms with E-state index < -0.39 is 69.0 Å². The van der Waals surface area contributed by atoms with Crippen LogP contribution >= 0.6 is 0 Å². The van der Waals surface area contributed by atoms with Gasteiger partial charge in [0.2, 0.25) is 0 Å². The minimum Gasteiger partial charge on any atom is -0.493 e. The monoisotopic (exact) mass is 901 g/mol. The SMILES string of the molecule is COc1cc(C(=O)N2CCCC[C@@H]2C(=O)CO)c([N+](=O)[O-])cc1OC(=O)c1ccccc1.COc1cc(C(=O)O)c([N+](=O)[O-])cc1OC(=O)c1ccccc1.O=C(CO)C1CCCCC1. The van der Waals surface area contributed by atoms with Gasteiger partial charge in [-0.15, -0.1) is 0 Å². The number of benzene rings is 4. The molecule has 0 aromatic heterocycles. The highest BCUT2D eigenvalue weighted by molar-refractivity contribution is 6.02. The number of amides is 1. The van der Waals surface area contributed by atoms with E-state index in [2.05, 4.69) is 0 Å². The fraction of sp³-hybridized carbons (Fsp3) is 0.333. The predicted molar refractivity (Wildman–Crippen MR) is 228 cm³/mol. The molecule has 344 valence electrons. The molecule has 1 aliphatic heterocycles. The van der Waals surface area contributed by atoms with Crippen molar-refractivity contribution in [3.63, 3.8) is 0 Å². The topological polar surface area (TPSA) is 290 Å². The van der Waals surface area contributed by atoms with Gasteiger partial charge in [-0.3, -0.25) is 34.6 Å². The zero-order valence-corrected chi connectivity index (χ0v) is 35.4. The maximum absolute atomic E-state index is 13.2. The molecule has 3 N–H and O–H groups in total. The number of hydrogen-bond donors (Lipinski definition) is 3. The molecular formula is C45H47N3O17. The van der Waals surface area contributed by atoms with E-state index in [4.69, 9.17) is 29.2 Å². The molecule has 0 spiro atoms. The van der Waals surface area contributed by atoms with Crippen LogP contribution in [0.25, 0.3) is 0 Å². The number of carboxylic acids is 1. The first-order valence-electron chi connectivity index (χ1n) is 20.2. The third-order valence-electron chi connectivity index (χ3n) is 10.3. The Morgan fingerprint density at radius 1 is 0.615 bits per heavy atom. The molecule has 4 aromatic carbocycles. The number of nitro groups is 2. The van der Waals surface area contributed by atoms with Crippen molar-refractivity contribution in [1.29, 1.82) is 0 Å². The Bertz CT molecular complexity index is 2370. The van der Waals surface area contributed by atoms with Crippen molar-refractivity contribution in [3.05, 3.63) is 127 Å². The Labute approximate surface area is 371 Å². The van der Waals surface area contributed by atoms with Gasteiger partial charge in [0.05, 0.1) is 53.4 Å². The number of carboxylic acid groups (broad SMARTS) is 1. The highest BCUT2D eigenvalue weighted by atomic mass is 16.6. The standard InChI is InChI=1S/C22H22N2O8.C15H11NO7.C8H14O2/c1-31-19-11-15(21(27)23-10-6-5-9-16(23)18(26)13-25)17(24(29)30)12-20(19)32-22(28)14-7-3-2-4-8-14;1-22-12-7-10(14(17)18)11(16(20)21)8-13(12)23-15(19)9-5-3-2-4-6-9;9-6-8(10)7-4-2-1-3-5-7/h2-4,7-8,11-12,16,25H,5-6,9-10,13H2,1H3;2-8H,1H3,(H,17,18);7,9H,1-6H2/t16-;;/m1../s1. The third-order valence-corrected chi connectivity index (χ3v) is 10.3. The number of carbonyl (C=O) groups is 6. The number of aromatic carboxylic acids is 1. The van der Waals surface area contributed by atoms with Gasteiger partial charge in [0.1, 0.15) is 24.3 Å². The van der Waals surface area contributed by atoms with Gasteiger partial charge in [0, 0.05) is 24.6 Å². The second kappa shape index (κ2) is 24.3. The van der Waals surface area contributed by atoms with Crippen LogP contribution in [0.4, 0.5) is 11.4 Å². The largest absolute Gasteiger partial charge is 0.493 e. The van der Waals surface area contributed by atoms with Gasteiger partial charge in [0.15, 0.2) is 34.6 Å². The molecule has 2 fully saturated rings. The lowest BCUT2D eigenvalue weighted by atomic mass is 9.86. The second-order valence-electron chi connectivity index (χ2n) is 14.5. The van der Waals surface area contributed by atoms with Crippen LogP contribution in [0.3, 0.4) is 0 Å². The Hall–Kier alpha value is -7.58. The van der Waals surface area contributed by atoms with Crippen LogP contribution < -0.4 is 18.9 Å². The normalized spacial score (nSPS) is 14.5. The Kier molecular flexibility index (Phi) is 18.7. The summed E-state index contributed by atoms with van der Waals surface area (Å²) in [6, 6.07) is 19.1. The van der Waals surface area contributed by atoms with E-state index in [1.807, 2.05) is 0 Å². The minimum atomic E-state index is -1.49. The summed E-state index contributed by atoms with van der Waals surface area (Å²) in [5.74, 6) is -4.63.